The summed E-state index contributed by atoms with van der Waals surface area (Å²) in [5.41, 5.74) is 7.35. The van der Waals surface area contributed by atoms with E-state index in [1.165, 1.54) is 18.6 Å². The molecule has 3 N–H and O–H groups in total. The van der Waals surface area contributed by atoms with Crippen molar-refractivity contribution in [1.82, 2.24) is 14.9 Å². The van der Waals surface area contributed by atoms with Crippen molar-refractivity contribution in [3.8, 4) is 5.75 Å². The van der Waals surface area contributed by atoms with Gasteiger partial charge in [0.05, 0.1) is 24.9 Å². The first-order valence-corrected chi connectivity index (χ1v) is 11.0. The number of anilines is 1. The van der Waals surface area contributed by atoms with E-state index < -0.39 is 5.41 Å². The minimum absolute atomic E-state index is 0.0670. The third kappa shape index (κ3) is 4.16. The Bertz CT molecular complexity index is 1110. The maximum atomic E-state index is 13.5. The van der Waals surface area contributed by atoms with Gasteiger partial charge < -0.3 is 25.7 Å². The number of piperidine rings is 1. The molecule has 3 heterocycles. The van der Waals surface area contributed by atoms with Gasteiger partial charge in [-0.1, -0.05) is 11.6 Å². The lowest BCUT2D eigenvalue weighted by atomic mass is 9.77. The molecule has 0 unspecified atom stereocenters. The molecule has 0 radical (unpaired) electrons. The highest BCUT2D eigenvalue weighted by Gasteiger charge is 2.49. The average molecular weight is 469 g/mol. The van der Waals surface area contributed by atoms with Gasteiger partial charge in [-0.2, -0.15) is 0 Å². The Kier molecular flexibility index (Phi) is 6.33. The van der Waals surface area contributed by atoms with E-state index in [-0.39, 0.29) is 22.7 Å². The van der Waals surface area contributed by atoms with Crippen LogP contribution in [0.1, 0.15) is 35.3 Å². The van der Waals surface area contributed by atoms with Crippen molar-refractivity contribution in [2.24, 2.45) is 11.1 Å². The van der Waals surface area contributed by atoms with Gasteiger partial charge in [-0.3, -0.25) is 9.59 Å². The smallest absolute Gasteiger partial charge is 0.274 e. The number of hydrogen-bond donors (Lipinski definition) is 2. The zero-order valence-electron chi connectivity index (χ0n) is 18.3. The fourth-order valence-corrected chi connectivity index (χ4v) is 4.65. The Labute approximate surface area is 196 Å². The molecule has 4 rings (SSSR count). The number of likely N-dealkylation sites (tertiary alicyclic amines) is 1. The number of hydrogen-bond acceptors (Lipinski definition) is 7. The molecule has 1 aromatic heterocycles. The molecule has 172 valence electrons. The fourth-order valence-electron chi connectivity index (χ4n) is 4.56. The highest BCUT2D eigenvalue weighted by Crippen LogP contribution is 2.44. The largest absolute Gasteiger partial charge is 0.496 e. The molecule has 2 aliphatic heterocycles. The quantitative estimate of drug-likeness (QED) is 0.650. The van der Waals surface area contributed by atoms with E-state index in [4.69, 9.17) is 27.5 Å². The van der Waals surface area contributed by atoms with Crippen LogP contribution in [0, 0.1) is 10.8 Å². The van der Waals surface area contributed by atoms with Crippen LogP contribution < -0.4 is 15.4 Å². The monoisotopic (exact) mass is 468 g/mol. The van der Waals surface area contributed by atoms with Gasteiger partial charge in [-0.05, 0) is 31.4 Å². The maximum absolute atomic E-state index is 13.5. The number of ether oxygens (including phenoxy) is 1. The van der Waals surface area contributed by atoms with Crippen molar-refractivity contribution in [2.45, 2.75) is 19.3 Å². The molecular weight excluding hydrogens is 444 g/mol. The summed E-state index contributed by atoms with van der Waals surface area (Å²) in [6.07, 6.45) is 7.16. The molecule has 2 fully saturated rings. The number of nitrogens with two attached hydrogens (primary N) is 1. The number of halogens is 1. The first-order chi connectivity index (χ1) is 15.9. The van der Waals surface area contributed by atoms with Crippen molar-refractivity contribution in [3.63, 3.8) is 0 Å². The second kappa shape index (κ2) is 9.19. The van der Waals surface area contributed by atoms with Crippen LogP contribution in [0.4, 0.5) is 5.69 Å². The Balaban J connectivity index is 1.48. The zero-order chi connectivity index (χ0) is 23.6. The topological polar surface area (TPSA) is 125 Å². The van der Waals surface area contributed by atoms with Gasteiger partial charge in [-0.15, -0.1) is 0 Å². The molecule has 0 aliphatic carbocycles. The van der Waals surface area contributed by atoms with E-state index in [9.17, 15) is 9.59 Å². The number of allylic oxidation sites excluding steroid dienone is 1. The molecule has 33 heavy (non-hydrogen) atoms. The summed E-state index contributed by atoms with van der Waals surface area (Å²) >= 11 is 5.76. The summed E-state index contributed by atoms with van der Waals surface area (Å²) in [7, 11) is 1.55. The van der Waals surface area contributed by atoms with E-state index in [1.54, 1.807) is 23.0 Å². The predicted octanol–water partition coefficient (Wildman–Crippen LogP) is 2.75. The minimum atomic E-state index is -0.481. The number of carbonyl (C=O) groups excluding carboxylic acids is 2. The SMILES string of the molecule is COc1cc(N2CCC3(CCN(C(=O)c4cnc(Cl)cn4)CC3)C2=O)ccc1/C(C=N)=C/N. The molecule has 10 heteroatoms. The number of benzene rings is 1. The number of carbonyl (C=O) groups is 2. The summed E-state index contributed by atoms with van der Waals surface area (Å²) in [5.74, 6) is 0.412. The van der Waals surface area contributed by atoms with Crippen molar-refractivity contribution < 1.29 is 14.3 Å². The van der Waals surface area contributed by atoms with Gasteiger partial charge in [0.1, 0.15) is 16.6 Å². The highest BCUT2D eigenvalue weighted by atomic mass is 35.5. The molecule has 0 bridgehead atoms. The number of rotatable bonds is 5. The minimum Gasteiger partial charge on any atom is -0.496 e. The zero-order valence-corrected chi connectivity index (χ0v) is 19.0. The number of nitrogens with zero attached hydrogens (tertiary/aromatic N) is 4. The van der Waals surface area contributed by atoms with E-state index in [0.29, 0.717) is 49.4 Å². The van der Waals surface area contributed by atoms with E-state index >= 15 is 0 Å². The van der Waals surface area contributed by atoms with Crippen LogP contribution in [-0.2, 0) is 4.79 Å². The number of nitrogens with one attached hydrogen (secondary N) is 1. The fraction of sp³-hybridized carbons (Fsp3) is 0.348. The third-order valence-electron chi connectivity index (χ3n) is 6.50. The van der Waals surface area contributed by atoms with Gasteiger partial charge in [0.2, 0.25) is 5.91 Å². The highest BCUT2D eigenvalue weighted by molar-refractivity contribution is 6.29. The van der Waals surface area contributed by atoms with E-state index in [1.807, 2.05) is 12.1 Å². The third-order valence-corrected chi connectivity index (χ3v) is 6.70. The van der Waals surface area contributed by atoms with Gasteiger partial charge in [0.15, 0.2) is 0 Å². The lowest BCUT2D eigenvalue weighted by Crippen LogP contribution is -2.46. The van der Waals surface area contributed by atoms with Crippen LogP contribution in [0.15, 0.2) is 36.8 Å². The van der Waals surface area contributed by atoms with Crippen molar-refractivity contribution in [2.75, 3.05) is 31.6 Å². The molecule has 1 spiro atoms. The Morgan fingerprint density at radius 3 is 2.55 bits per heavy atom. The van der Waals surface area contributed by atoms with Crippen molar-refractivity contribution in [1.29, 1.82) is 5.41 Å². The lowest BCUT2D eigenvalue weighted by molar-refractivity contribution is -0.127. The van der Waals surface area contributed by atoms with Gasteiger partial charge in [0.25, 0.3) is 5.91 Å². The van der Waals surface area contributed by atoms with Crippen molar-refractivity contribution in [3.05, 3.63) is 53.2 Å². The first kappa shape index (κ1) is 22.7. The molecule has 1 aromatic carbocycles. The lowest BCUT2D eigenvalue weighted by Gasteiger charge is -2.37. The Hall–Kier alpha value is -3.46. The van der Waals surface area contributed by atoms with Crippen LogP contribution in [0.2, 0.25) is 5.15 Å². The molecule has 0 atom stereocenters. The van der Waals surface area contributed by atoms with Gasteiger partial charge >= 0.3 is 0 Å². The van der Waals surface area contributed by atoms with E-state index in [2.05, 4.69) is 9.97 Å². The second-order valence-corrected chi connectivity index (χ2v) is 8.54. The van der Waals surface area contributed by atoms with Crippen LogP contribution in [0.25, 0.3) is 5.57 Å². The summed E-state index contributed by atoms with van der Waals surface area (Å²) in [6, 6.07) is 5.46. The molecule has 0 saturated carbocycles. The molecule has 2 aliphatic rings. The Morgan fingerprint density at radius 1 is 1.21 bits per heavy atom. The molecule has 2 aromatic rings. The molecule has 2 amide bonds. The average Bonchev–Trinajstić information content (AvgIpc) is 3.16. The number of amides is 2. The van der Waals surface area contributed by atoms with Gasteiger partial charge in [-0.25, -0.2) is 9.97 Å². The summed E-state index contributed by atoms with van der Waals surface area (Å²) in [5, 5.41) is 7.76. The number of methoxy groups -OCH3 is 1. The van der Waals surface area contributed by atoms with Crippen LogP contribution in [0.5, 0.6) is 5.75 Å². The van der Waals surface area contributed by atoms with Crippen LogP contribution in [0.3, 0.4) is 0 Å². The summed E-state index contributed by atoms with van der Waals surface area (Å²) < 4.78 is 5.49. The van der Waals surface area contributed by atoms with Crippen LogP contribution >= 0.6 is 11.6 Å². The predicted molar refractivity (Wildman–Crippen MR) is 126 cm³/mol. The normalized spacial score (nSPS) is 18.0. The van der Waals surface area contributed by atoms with E-state index in [0.717, 1.165) is 18.3 Å². The van der Waals surface area contributed by atoms with Gasteiger partial charge in [0, 0.05) is 54.9 Å². The second-order valence-electron chi connectivity index (χ2n) is 8.15. The summed E-state index contributed by atoms with van der Waals surface area (Å²) in [6.45, 7) is 1.56. The van der Waals surface area contributed by atoms with Crippen molar-refractivity contribution >= 4 is 40.9 Å². The summed E-state index contributed by atoms with van der Waals surface area (Å²) in [4.78, 5) is 37.7. The Morgan fingerprint density at radius 2 is 1.94 bits per heavy atom. The maximum Gasteiger partial charge on any atom is 0.274 e. The molecule has 2 saturated heterocycles. The standard InChI is InChI=1S/C23H25ClN6O3/c1-33-19-10-16(2-3-17(19)15(11-25)12-26)30-9-6-23(22(30)32)4-7-29(8-5-23)21(31)18-13-28-20(24)14-27-18/h2-3,10-14,25H,4-9,26H2,1H3/b15-12+,25-11?. The van der Waals surface area contributed by atoms with Crippen LogP contribution in [-0.4, -0.2) is 59.6 Å². The first-order valence-electron chi connectivity index (χ1n) is 10.6. The molecule has 9 nitrogen and oxygen atoms in total. The number of aromatic nitrogens is 2. The molecular formula is C23H25ClN6O3.